The summed E-state index contributed by atoms with van der Waals surface area (Å²) in [4.78, 5) is 41.8. The zero-order valence-electron chi connectivity index (χ0n) is 22.4. The van der Waals surface area contributed by atoms with Gasteiger partial charge < -0.3 is 24.3 Å². The summed E-state index contributed by atoms with van der Waals surface area (Å²) in [6, 6.07) is 8.29. The van der Waals surface area contributed by atoms with Gasteiger partial charge in [-0.1, -0.05) is 36.2 Å². The number of cyclic esters (lactones) is 1. The van der Waals surface area contributed by atoms with E-state index in [-0.39, 0.29) is 29.5 Å². The van der Waals surface area contributed by atoms with Crippen molar-refractivity contribution in [2.24, 2.45) is 5.92 Å². The molecular formula is C28H34F2N2O7. The van der Waals surface area contributed by atoms with E-state index in [4.69, 9.17) is 18.9 Å². The second kappa shape index (κ2) is 14.0. The maximum Gasteiger partial charge on any atom is 0.329 e. The van der Waals surface area contributed by atoms with E-state index in [1.807, 2.05) is 31.2 Å². The van der Waals surface area contributed by atoms with E-state index in [9.17, 15) is 23.2 Å². The summed E-state index contributed by atoms with van der Waals surface area (Å²) >= 11 is 0. The van der Waals surface area contributed by atoms with Crippen LogP contribution in [0.5, 0.6) is 11.5 Å². The Morgan fingerprint density at radius 3 is 2.54 bits per heavy atom. The van der Waals surface area contributed by atoms with Gasteiger partial charge in [-0.05, 0) is 44.6 Å². The summed E-state index contributed by atoms with van der Waals surface area (Å²) in [5.74, 6) is -2.43. The summed E-state index contributed by atoms with van der Waals surface area (Å²) in [6.45, 7) is 3.97. The standard InChI is InChI=1S/C28H34F2N2O7/c1-16-8-10-19(11-9-16)14-20-6-5-7-21(28(35)38-17(2)25(20)37-15-23(29)30)32-27(34)24-26(39-18(3)33)22(36-4)12-13-31-24/h8-13,17,20-21,23,25H,5-7,14-15H2,1-4H3,(H,32,34). The van der Waals surface area contributed by atoms with Gasteiger partial charge >= 0.3 is 11.9 Å². The molecule has 212 valence electrons. The number of nitrogens with one attached hydrogen (secondary N) is 1. The molecule has 4 unspecified atom stereocenters. The lowest BCUT2D eigenvalue weighted by Gasteiger charge is -2.31. The molecule has 1 aliphatic rings. The average Bonchev–Trinajstić information content (AvgIpc) is 2.92. The first-order chi connectivity index (χ1) is 18.6. The molecule has 0 bridgehead atoms. The predicted octanol–water partition coefficient (Wildman–Crippen LogP) is 4.05. The Bertz CT molecular complexity index is 1140. The minimum absolute atomic E-state index is 0.119. The van der Waals surface area contributed by atoms with Gasteiger partial charge in [0.2, 0.25) is 5.75 Å². The Hall–Kier alpha value is -3.60. The number of methoxy groups -OCH3 is 1. The number of amides is 1. The number of aryl methyl sites for hydroxylation is 1. The lowest BCUT2D eigenvalue weighted by molar-refractivity contribution is -0.163. The maximum absolute atomic E-state index is 13.1. The number of esters is 2. The molecule has 4 atom stereocenters. The van der Waals surface area contributed by atoms with Crippen LogP contribution < -0.4 is 14.8 Å². The van der Waals surface area contributed by atoms with E-state index in [1.165, 1.54) is 26.3 Å². The Kier molecular flexibility index (Phi) is 10.7. The van der Waals surface area contributed by atoms with Crippen LogP contribution in [0.25, 0.3) is 0 Å². The van der Waals surface area contributed by atoms with Gasteiger partial charge in [-0.15, -0.1) is 0 Å². The highest BCUT2D eigenvalue weighted by molar-refractivity contribution is 5.98. The number of nitrogens with zero attached hydrogens (tertiary/aromatic N) is 1. The highest BCUT2D eigenvalue weighted by Crippen LogP contribution is 2.31. The van der Waals surface area contributed by atoms with Crippen LogP contribution >= 0.6 is 0 Å². The fourth-order valence-corrected chi connectivity index (χ4v) is 4.64. The Morgan fingerprint density at radius 1 is 1.18 bits per heavy atom. The lowest BCUT2D eigenvalue weighted by Crippen LogP contribution is -2.45. The zero-order valence-corrected chi connectivity index (χ0v) is 22.4. The molecule has 1 amide bonds. The normalized spacial score (nSPS) is 21.8. The minimum Gasteiger partial charge on any atom is -0.493 e. The fraction of sp³-hybridized carbons (Fsp3) is 0.500. The van der Waals surface area contributed by atoms with Crippen LogP contribution in [0.4, 0.5) is 8.78 Å². The zero-order chi connectivity index (χ0) is 28.5. The van der Waals surface area contributed by atoms with Crippen molar-refractivity contribution in [1.82, 2.24) is 10.3 Å². The summed E-state index contributed by atoms with van der Waals surface area (Å²) in [5, 5.41) is 2.62. The van der Waals surface area contributed by atoms with Crippen LogP contribution in [0.2, 0.25) is 0 Å². The van der Waals surface area contributed by atoms with Gasteiger partial charge in [0.05, 0.1) is 13.2 Å². The van der Waals surface area contributed by atoms with E-state index < -0.39 is 49.1 Å². The van der Waals surface area contributed by atoms with E-state index in [1.54, 1.807) is 6.92 Å². The summed E-state index contributed by atoms with van der Waals surface area (Å²) < 4.78 is 47.7. The van der Waals surface area contributed by atoms with Gasteiger partial charge in [0.25, 0.3) is 12.3 Å². The van der Waals surface area contributed by atoms with Crippen LogP contribution in [0.1, 0.15) is 54.7 Å². The van der Waals surface area contributed by atoms with Gasteiger partial charge in [-0.3, -0.25) is 9.59 Å². The quantitative estimate of drug-likeness (QED) is 0.467. The molecule has 1 N–H and O–H groups in total. The first-order valence-corrected chi connectivity index (χ1v) is 12.8. The van der Waals surface area contributed by atoms with Gasteiger partial charge in [-0.2, -0.15) is 0 Å². The summed E-state index contributed by atoms with van der Waals surface area (Å²) in [6.07, 6.45) is -1.17. The van der Waals surface area contributed by atoms with E-state index >= 15 is 0 Å². The third-order valence-corrected chi connectivity index (χ3v) is 6.47. The number of carbonyl (C=O) groups excluding carboxylic acids is 3. The second-order valence-electron chi connectivity index (χ2n) is 9.52. The van der Waals surface area contributed by atoms with Crippen LogP contribution in [0.15, 0.2) is 36.5 Å². The topological polar surface area (TPSA) is 113 Å². The molecule has 11 heteroatoms. The van der Waals surface area contributed by atoms with Gasteiger partial charge in [-0.25, -0.2) is 18.6 Å². The first kappa shape index (κ1) is 29.9. The van der Waals surface area contributed by atoms with Crippen molar-refractivity contribution in [2.75, 3.05) is 13.7 Å². The average molecular weight is 549 g/mol. The Morgan fingerprint density at radius 2 is 1.90 bits per heavy atom. The van der Waals surface area contributed by atoms with Gasteiger partial charge in [0.15, 0.2) is 11.4 Å². The molecular weight excluding hydrogens is 514 g/mol. The molecule has 2 aromatic rings. The minimum atomic E-state index is -2.67. The molecule has 1 aromatic heterocycles. The highest BCUT2D eigenvalue weighted by Gasteiger charge is 2.36. The van der Waals surface area contributed by atoms with E-state index in [0.29, 0.717) is 19.3 Å². The van der Waals surface area contributed by atoms with Crippen molar-refractivity contribution in [1.29, 1.82) is 0 Å². The number of benzene rings is 1. The van der Waals surface area contributed by atoms with E-state index in [0.717, 1.165) is 11.1 Å². The molecule has 3 rings (SSSR count). The van der Waals surface area contributed by atoms with Crippen LogP contribution in [0.3, 0.4) is 0 Å². The van der Waals surface area contributed by atoms with Crippen molar-refractivity contribution < 1.29 is 42.1 Å². The Balaban J connectivity index is 1.81. The smallest absolute Gasteiger partial charge is 0.329 e. The molecule has 39 heavy (non-hydrogen) atoms. The molecule has 0 aliphatic carbocycles. The van der Waals surface area contributed by atoms with Crippen molar-refractivity contribution >= 4 is 17.8 Å². The van der Waals surface area contributed by atoms with Gasteiger partial charge in [0, 0.05) is 19.2 Å². The Labute approximate surface area is 226 Å². The van der Waals surface area contributed by atoms with Crippen molar-refractivity contribution in [3.05, 3.63) is 53.3 Å². The number of aromatic nitrogens is 1. The molecule has 0 spiro atoms. The fourth-order valence-electron chi connectivity index (χ4n) is 4.64. The molecule has 1 aromatic carbocycles. The third kappa shape index (κ3) is 8.44. The number of ether oxygens (including phenoxy) is 4. The molecule has 0 saturated carbocycles. The van der Waals surface area contributed by atoms with Crippen LogP contribution in [-0.4, -0.2) is 61.2 Å². The molecule has 1 aliphatic heterocycles. The molecule has 0 radical (unpaired) electrons. The SMILES string of the molecule is COc1ccnc(C(=O)NC2CCCC(Cc3ccc(C)cc3)C(OCC(F)F)C(C)OC2=O)c1OC(C)=O. The van der Waals surface area contributed by atoms with Crippen molar-refractivity contribution in [3.63, 3.8) is 0 Å². The number of pyridine rings is 1. The summed E-state index contributed by atoms with van der Waals surface area (Å²) in [7, 11) is 1.35. The number of hydrogen-bond donors (Lipinski definition) is 1. The lowest BCUT2D eigenvalue weighted by atomic mass is 9.86. The number of rotatable bonds is 9. The number of carbonyl (C=O) groups is 3. The molecule has 1 fully saturated rings. The predicted molar refractivity (Wildman–Crippen MR) is 137 cm³/mol. The molecule has 9 nitrogen and oxygen atoms in total. The van der Waals surface area contributed by atoms with Crippen LogP contribution in [-0.2, 0) is 25.5 Å². The second-order valence-corrected chi connectivity index (χ2v) is 9.52. The van der Waals surface area contributed by atoms with Crippen molar-refractivity contribution in [2.45, 2.75) is 71.1 Å². The largest absolute Gasteiger partial charge is 0.493 e. The van der Waals surface area contributed by atoms with Crippen molar-refractivity contribution in [3.8, 4) is 11.5 Å². The third-order valence-electron chi connectivity index (χ3n) is 6.47. The van der Waals surface area contributed by atoms with Crippen LogP contribution in [0, 0.1) is 12.8 Å². The molecule has 2 heterocycles. The number of halogens is 2. The number of alkyl halides is 2. The summed E-state index contributed by atoms with van der Waals surface area (Å²) in [5.41, 5.74) is 1.88. The van der Waals surface area contributed by atoms with Gasteiger partial charge in [0.1, 0.15) is 18.8 Å². The molecule has 1 saturated heterocycles. The monoisotopic (exact) mass is 548 g/mol. The van der Waals surface area contributed by atoms with E-state index in [2.05, 4.69) is 10.3 Å². The highest BCUT2D eigenvalue weighted by atomic mass is 19.3. The first-order valence-electron chi connectivity index (χ1n) is 12.8. The number of hydrogen-bond acceptors (Lipinski definition) is 8. The maximum atomic E-state index is 13.1.